The van der Waals surface area contributed by atoms with E-state index in [9.17, 15) is 13.2 Å². The van der Waals surface area contributed by atoms with E-state index in [-0.39, 0.29) is 17.7 Å². The number of benzene rings is 1. The van der Waals surface area contributed by atoms with E-state index in [0.29, 0.717) is 39.4 Å². The smallest absolute Gasteiger partial charge is 0.225 e. The van der Waals surface area contributed by atoms with Crippen LogP contribution < -0.4 is 10.6 Å². The SMILES string of the molecule is CNC(=O)[C@]1(C)CC[C@@H](Nc2ncc3c(Br)nn(-c4cc(CS(C)(=O)=O)c5ncccc5c4)c3n2)C1. The van der Waals surface area contributed by atoms with Crippen molar-refractivity contribution < 1.29 is 13.2 Å². The monoisotopic (exact) mass is 571 g/mol. The Morgan fingerprint density at radius 1 is 1.31 bits per heavy atom. The predicted octanol–water partition coefficient (Wildman–Crippen LogP) is 3.39. The number of nitrogens with zero attached hydrogens (tertiary/aromatic N) is 5. The number of hydrogen-bond acceptors (Lipinski definition) is 8. The molecule has 1 aliphatic rings. The fraction of sp³-hybridized carbons (Fsp3) is 0.375. The third-order valence-corrected chi connectivity index (χ3v) is 8.08. The van der Waals surface area contributed by atoms with Gasteiger partial charge in [0, 0.05) is 42.5 Å². The average molecular weight is 572 g/mol. The van der Waals surface area contributed by atoms with Crippen molar-refractivity contribution in [2.75, 3.05) is 18.6 Å². The van der Waals surface area contributed by atoms with Crippen LogP contribution in [0.1, 0.15) is 31.7 Å². The number of anilines is 1. The summed E-state index contributed by atoms with van der Waals surface area (Å²) in [5.74, 6) is 0.351. The fourth-order valence-corrected chi connectivity index (χ4v) is 6.16. The van der Waals surface area contributed by atoms with E-state index in [1.807, 2.05) is 25.1 Å². The van der Waals surface area contributed by atoms with Crippen molar-refractivity contribution in [2.45, 2.75) is 38.0 Å². The first kappa shape index (κ1) is 24.6. The Bertz CT molecular complexity index is 1600. The minimum atomic E-state index is -3.29. The highest BCUT2D eigenvalue weighted by molar-refractivity contribution is 9.10. The van der Waals surface area contributed by atoms with Gasteiger partial charge < -0.3 is 10.6 Å². The number of carbonyl (C=O) groups is 1. The van der Waals surface area contributed by atoms with Crippen molar-refractivity contribution >= 4 is 59.6 Å². The fourth-order valence-electron chi connectivity index (χ4n) is 4.94. The van der Waals surface area contributed by atoms with Crippen LogP contribution in [0.25, 0.3) is 27.6 Å². The third kappa shape index (κ3) is 4.66. The molecule has 3 heterocycles. The molecule has 2 N–H and O–H groups in total. The maximum absolute atomic E-state index is 12.3. The molecule has 0 unspecified atom stereocenters. The molecule has 12 heteroatoms. The van der Waals surface area contributed by atoms with Crippen LogP contribution in [0.2, 0.25) is 0 Å². The van der Waals surface area contributed by atoms with Crippen LogP contribution in [0, 0.1) is 5.41 Å². The molecule has 0 saturated heterocycles. The van der Waals surface area contributed by atoms with E-state index in [2.05, 4.69) is 41.6 Å². The highest BCUT2D eigenvalue weighted by atomic mass is 79.9. The lowest BCUT2D eigenvalue weighted by atomic mass is 9.87. The summed E-state index contributed by atoms with van der Waals surface area (Å²) in [6.07, 6.45) is 6.86. The van der Waals surface area contributed by atoms with Crippen LogP contribution in [0.4, 0.5) is 5.95 Å². The van der Waals surface area contributed by atoms with Gasteiger partial charge in [0.1, 0.15) is 4.60 Å². The molecule has 3 aromatic heterocycles. The van der Waals surface area contributed by atoms with Gasteiger partial charge in [-0.05, 0) is 59.0 Å². The lowest BCUT2D eigenvalue weighted by Gasteiger charge is -2.22. The largest absolute Gasteiger partial charge is 0.359 e. The molecule has 0 bridgehead atoms. The van der Waals surface area contributed by atoms with Crippen LogP contribution in [-0.4, -0.2) is 58.4 Å². The second-order valence-electron chi connectivity index (χ2n) is 9.61. The Morgan fingerprint density at radius 3 is 2.86 bits per heavy atom. The molecule has 1 aliphatic carbocycles. The molecule has 4 aromatic rings. The molecular formula is C24H26BrN7O3S. The van der Waals surface area contributed by atoms with Crippen molar-refractivity contribution in [3.63, 3.8) is 0 Å². The third-order valence-electron chi connectivity index (χ3n) is 6.66. The number of nitrogens with one attached hydrogen (secondary N) is 2. The summed E-state index contributed by atoms with van der Waals surface area (Å²) in [5, 5.41) is 12.3. The van der Waals surface area contributed by atoms with Gasteiger partial charge in [0.2, 0.25) is 11.9 Å². The van der Waals surface area contributed by atoms with Crippen LogP contribution in [0.3, 0.4) is 0 Å². The molecule has 0 radical (unpaired) electrons. The molecule has 188 valence electrons. The van der Waals surface area contributed by atoms with Gasteiger partial charge in [-0.3, -0.25) is 9.78 Å². The Labute approximate surface area is 217 Å². The molecule has 1 aromatic carbocycles. The van der Waals surface area contributed by atoms with Gasteiger partial charge in [-0.25, -0.2) is 18.1 Å². The average Bonchev–Trinajstić information content (AvgIpc) is 3.37. The van der Waals surface area contributed by atoms with E-state index >= 15 is 0 Å². The Morgan fingerprint density at radius 2 is 2.11 bits per heavy atom. The van der Waals surface area contributed by atoms with Crippen molar-refractivity contribution in [1.29, 1.82) is 0 Å². The number of sulfone groups is 1. The van der Waals surface area contributed by atoms with Crippen LogP contribution in [0.15, 0.2) is 41.3 Å². The topological polar surface area (TPSA) is 132 Å². The van der Waals surface area contributed by atoms with E-state index in [0.717, 1.165) is 23.6 Å². The van der Waals surface area contributed by atoms with Crippen molar-refractivity contribution in [3.05, 3.63) is 46.8 Å². The first-order chi connectivity index (χ1) is 17.1. The van der Waals surface area contributed by atoms with Gasteiger partial charge in [-0.15, -0.1) is 0 Å². The molecule has 0 spiro atoms. The lowest BCUT2D eigenvalue weighted by molar-refractivity contribution is -0.129. The second-order valence-corrected chi connectivity index (χ2v) is 12.5. The molecule has 5 rings (SSSR count). The molecule has 10 nitrogen and oxygen atoms in total. The van der Waals surface area contributed by atoms with Crippen LogP contribution >= 0.6 is 15.9 Å². The summed E-state index contributed by atoms with van der Waals surface area (Å²) in [5.41, 5.74) is 2.05. The summed E-state index contributed by atoms with van der Waals surface area (Å²) >= 11 is 3.50. The van der Waals surface area contributed by atoms with E-state index < -0.39 is 15.3 Å². The number of hydrogen-bond donors (Lipinski definition) is 2. The van der Waals surface area contributed by atoms with Crippen molar-refractivity contribution in [1.82, 2.24) is 30.0 Å². The molecule has 1 amide bonds. The summed E-state index contributed by atoms with van der Waals surface area (Å²) in [7, 11) is -1.62. The molecule has 1 fully saturated rings. The zero-order valence-electron chi connectivity index (χ0n) is 20.1. The van der Waals surface area contributed by atoms with Gasteiger partial charge in [-0.2, -0.15) is 10.1 Å². The van der Waals surface area contributed by atoms with Crippen molar-refractivity contribution in [2.24, 2.45) is 5.41 Å². The number of rotatable bonds is 6. The Kier molecular flexibility index (Phi) is 6.19. The highest BCUT2D eigenvalue weighted by Crippen LogP contribution is 2.39. The number of fused-ring (bicyclic) bond motifs is 2. The van der Waals surface area contributed by atoms with Gasteiger partial charge in [0.15, 0.2) is 15.5 Å². The van der Waals surface area contributed by atoms with E-state index in [4.69, 9.17) is 4.98 Å². The lowest BCUT2D eigenvalue weighted by Crippen LogP contribution is -2.35. The second kappa shape index (κ2) is 9.07. The first-order valence-electron chi connectivity index (χ1n) is 11.5. The Balaban J connectivity index is 1.54. The highest BCUT2D eigenvalue weighted by Gasteiger charge is 2.41. The van der Waals surface area contributed by atoms with Gasteiger partial charge in [0.25, 0.3) is 0 Å². The number of aromatic nitrogens is 5. The maximum atomic E-state index is 12.3. The summed E-state index contributed by atoms with van der Waals surface area (Å²) < 4.78 is 26.5. The van der Waals surface area contributed by atoms with E-state index in [1.165, 1.54) is 6.26 Å². The van der Waals surface area contributed by atoms with Gasteiger partial charge >= 0.3 is 0 Å². The van der Waals surface area contributed by atoms with Gasteiger partial charge in [0.05, 0.1) is 22.3 Å². The molecule has 1 saturated carbocycles. The minimum absolute atomic E-state index is 0.0425. The summed E-state index contributed by atoms with van der Waals surface area (Å²) in [6.45, 7) is 1.98. The summed E-state index contributed by atoms with van der Waals surface area (Å²) in [4.78, 5) is 25.9. The van der Waals surface area contributed by atoms with Gasteiger partial charge in [-0.1, -0.05) is 13.0 Å². The summed E-state index contributed by atoms with van der Waals surface area (Å²) in [6, 6.07) is 7.47. The Hall–Kier alpha value is -3.12. The molecule has 0 aliphatic heterocycles. The number of pyridine rings is 1. The molecule has 36 heavy (non-hydrogen) atoms. The van der Waals surface area contributed by atoms with E-state index in [1.54, 1.807) is 30.2 Å². The molecule has 2 atom stereocenters. The number of carbonyl (C=O) groups excluding carboxylic acids is 1. The first-order valence-corrected chi connectivity index (χ1v) is 14.4. The number of amides is 1. The normalized spacial score (nSPS) is 20.2. The standard InChI is InChI=1S/C24H26BrN7O3S/c1-24(22(33)26-2)7-6-16(11-24)29-23-28-12-18-20(25)31-32(21(18)30-23)17-9-14-5-4-8-27-19(14)15(10-17)13-36(3,34)35/h4-5,8-10,12,16H,6-7,11,13H2,1-3H3,(H,26,33)(H,28,29,30)/t16-,24-/m1/s1. The zero-order chi connectivity index (χ0) is 25.7. The predicted molar refractivity (Wildman–Crippen MR) is 142 cm³/mol. The number of halogens is 1. The van der Waals surface area contributed by atoms with Crippen LogP contribution in [0.5, 0.6) is 0 Å². The van der Waals surface area contributed by atoms with Crippen molar-refractivity contribution in [3.8, 4) is 5.69 Å². The minimum Gasteiger partial charge on any atom is -0.359 e. The van der Waals surface area contributed by atoms with Crippen LogP contribution in [-0.2, 0) is 20.4 Å². The maximum Gasteiger partial charge on any atom is 0.225 e. The quantitative estimate of drug-likeness (QED) is 0.360. The zero-order valence-corrected chi connectivity index (χ0v) is 22.5. The molecular weight excluding hydrogens is 546 g/mol.